The monoisotopic (exact) mass is 265 g/mol. The number of ether oxygens (including phenoxy) is 2. The molecule has 0 bridgehead atoms. The molecule has 0 amide bonds. The number of fused-ring (bicyclic) bond motifs is 1. The topological polar surface area (TPSA) is 69.1 Å². The molecule has 0 aliphatic carbocycles. The fraction of sp³-hybridized carbons (Fsp3) is 0.273. The first-order chi connectivity index (χ1) is 8.79. The average Bonchev–Trinajstić information content (AvgIpc) is 2.79. The van der Waals surface area contributed by atoms with E-state index in [0.29, 0.717) is 35.6 Å². The second-order valence-electron chi connectivity index (χ2n) is 3.68. The summed E-state index contributed by atoms with van der Waals surface area (Å²) in [4.78, 5) is 11.7. The summed E-state index contributed by atoms with van der Waals surface area (Å²) >= 11 is 1.40. The summed E-state index contributed by atoms with van der Waals surface area (Å²) in [6, 6.07) is 5.39. The molecule has 6 nitrogen and oxygen atoms in total. The molecule has 1 aromatic heterocycles. The third kappa shape index (κ3) is 1.76. The van der Waals surface area contributed by atoms with Gasteiger partial charge in [0.25, 0.3) is 0 Å². The summed E-state index contributed by atoms with van der Waals surface area (Å²) in [5.74, 6) is 1.35. The van der Waals surface area contributed by atoms with Crippen molar-refractivity contribution in [2.45, 2.75) is 5.16 Å². The second-order valence-corrected chi connectivity index (χ2v) is 4.45. The number of hydrogen-bond acceptors (Lipinski definition) is 5. The molecule has 0 spiro atoms. The van der Waals surface area contributed by atoms with Crippen molar-refractivity contribution in [2.24, 2.45) is 0 Å². The number of aromatic amines is 1. The van der Waals surface area contributed by atoms with Gasteiger partial charge in [-0.25, -0.2) is 14.5 Å². The van der Waals surface area contributed by atoms with Crippen molar-refractivity contribution in [1.29, 1.82) is 0 Å². The zero-order chi connectivity index (χ0) is 12.5. The van der Waals surface area contributed by atoms with E-state index in [1.807, 2.05) is 12.3 Å². The lowest BCUT2D eigenvalue weighted by Crippen LogP contribution is -2.18. The molecule has 94 valence electrons. The first-order valence-electron chi connectivity index (χ1n) is 5.41. The molecule has 0 fully saturated rings. The van der Waals surface area contributed by atoms with Gasteiger partial charge in [0.1, 0.15) is 13.2 Å². The van der Waals surface area contributed by atoms with Crippen LogP contribution >= 0.6 is 11.8 Å². The Morgan fingerprint density at radius 3 is 2.89 bits per heavy atom. The largest absolute Gasteiger partial charge is 0.486 e. The van der Waals surface area contributed by atoms with E-state index in [1.165, 1.54) is 16.3 Å². The van der Waals surface area contributed by atoms with Gasteiger partial charge < -0.3 is 9.47 Å². The molecule has 1 aromatic carbocycles. The van der Waals surface area contributed by atoms with E-state index in [-0.39, 0.29) is 5.69 Å². The molecule has 1 aliphatic rings. The fourth-order valence-corrected chi connectivity index (χ4v) is 2.33. The van der Waals surface area contributed by atoms with Gasteiger partial charge in [-0.1, -0.05) is 11.8 Å². The normalized spacial score (nSPS) is 13.6. The molecule has 0 unspecified atom stereocenters. The summed E-state index contributed by atoms with van der Waals surface area (Å²) < 4.78 is 12.4. The molecule has 0 atom stereocenters. The van der Waals surface area contributed by atoms with E-state index >= 15 is 0 Å². The summed E-state index contributed by atoms with van der Waals surface area (Å²) in [7, 11) is 0. The van der Waals surface area contributed by atoms with Crippen LogP contribution in [0.2, 0.25) is 0 Å². The lowest BCUT2D eigenvalue weighted by Gasteiger charge is -2.18. The van der Waals surface area contributed by atoms with Gasteiger partial charge in [0.15, 0.2) is 16.7 Å². The summed E-state index contributed by atoms with van der Waals surface area (Å²) in [6.07, 6.45) is 1.87. The third-order valence-corrected chi connectivity index (χ3v) is 3.25. The Hall–Kier alpha value is -1.89. The number of rotatable bonds is 2. The van der Waals surface area contributed by atoms with Crippen LogP contribution in [-0.2, 0) is 0 Å². The van der Waals surface area contributed by atoms with Crippen LogP contribution in [0.5, 0.6) is 11.5 Å². The van der Waals surface area contributed by atoms with Gasteiger partial charge in [0.2, 0.25) is 0 Å². The maximum Gasteiger partial charge on any atom is 0.348 e. The SMILES string of the molecule is CSc1n[nH]c(=O)n1-c1ccc2c(c1)OCCO2. The highest BCUT2D eigenvalue weighted by atomic mass is 32.2. The van der Waals surface area contributed by atoms with Gasteiger partial charge >= 0.3 is 5.69 Å². The van der Waals surface area contributed by atoms with Gasteiger partial charge in [-0.05, 0) is 18.4 Å². The Balaban J connectivity index is 2.12. The highest BCUT2D eigenvalue weighted by Crippen LogP contribution is 2.32. The molecule has 7 heteroatoms. The van der Waals surface area contributed by atoms with Crippen LogP contribution in [0.1, 0.15) is 0 Å². The molecule has 0 saturated carbocycles. The van der Waals surface area contributed by atoms with Crippen LogP contribution < -0.4 is 15.2 Å². The van der Waals surface area contributed by atoms with Crippen LogP contribution in [0.4, 0.5) is 0 Å². The number of H-pyrrole nitrogens is 1. The summed E-state index contributed by atoms with van der Waals surface area (Å²) in [6.45, 7) is 1.07. The first-order valence-corrected chi connectivity index (χ1v) is 6.63. The van der Waals surface area contributed by atoms with Gasteiger partial charge in [0, 0.05) is 6.07 Å². The molecule has 1 aliphatic heterocycles. The lowest BCUT2D eigenvalue weighted by atomic mass is 10.2. The zero-order valence-electron chi connectivity index (χ0n) is 9.67. The Kier molecular flexibility index (Phi) is 2.75. The smallest absolute Gasteiger partial charge is 0.348 e. The number of benzene rings is 1. The minimum Gasteiger partial charge on any atom is -0.486 e. The second kappa shape index (κ2) is 4.41. The van der Waals surface area contributed by atoms with Crippen molar-refractivity contribution in [3.63, 3.8) is 0 Å². The Bertz CT molecular complexity index is 635. The average molecular weight is 265 g/mol. The molecule has 0 radical (unpaired) electrons. The van der Waals surface area contributed by atoms with Crippen molar-refractivity contribution in [2.75, 3.05) is 19.5 Å². The minimum atomic E-state index is -0.268. The lowest BCUT2D eigenvalue weighted by molar-refractivity contribution is 0.171. The van der Waals surface area contributed by atoms with Crippen molar-refractivity contribution in [1.82, 2.24) is 14.8 Å². The summed E-state index contributed by atoms with van der Waals surface area (Å²) in [5.41, 5.74) is 0.443. The predicted octanol–water partition coefficient (Wildman–Crippen LogP) is 1.05. The van der Waals surface area contributed by atoms with E-state index in [9.17, 15) is 4.79 Å². The highest BCUT2D eigenvalue weighted by molar-refractivity contribution is 7.98. The van der Waals surface area contributed by atoms with Gasteiger partial charge in [0.05, 0.1) is 5.69 Å². The maximum atomic E-state index is 11.7. The van der Waals surface area contributed by atoms with Crippen LogP contribution in [0.3, 0.4) is 0 Å². The van der Waals surface area contributed by atoms with E-state index < -0.39 is 0 Å². The zero-order valence-corrected chi connectivity index (χ0v) is 10.5. The Morgan fingerprint density at radius 1 is 1.33 bits per heavy atom. The maximum absolute atomic E-state index is 11.7. The van der Waals surface area contributed by atoms with Crippen molar-refractivity contribution < 1.29 is 9.47 Å². The quantitative estimate of drug-likeness (QED) is 0.822. The molecule has 18 heavy (non-hydrogen) atoms. The molecule has 1 N–H and O–H groups in total. The number of nitrogens with zero attached hydrogens (tertiary/aromatic N) is 2. The van der Waals surface area contributed by atoms with Gasteiger partial charge in [-0.15, -0.1) is 5.10 Å². The third-order valence-electron chi connectivity index (χ3n) is 2.61. The molecule has 2 aromatic rings. The molecule has 3 rings (SSSR count). The van der Waals surface area contributed by atoms with Crippen molar-refractivity contribution in [3.05, 3.63) is 28.7 Å². The minimum absolute atomic E-state index is 0.268. The Labute approximate surface area is 107 Å². The number of hydrogen-bond donors (Lipinski definition) is 1. The van der Waals surface area contributed by atoms with E-state index in [0.717, 1.165) is 0 Å². The van der Waals surface area contributed by atoms with Gasteiger partial charge in [-0.2, -0.15) is 0 Å². The molecular weight excluding hydrogens is 254 g/mol. The molecule has 0 saturated heterocycles. The van der Waals surface area contributed by atoms with E-state index in [2.05, 4.69) is 10.2 Å². The summed E-state index contributed by atoms with van der Waals surface area (Å²) in [5, 5.41) is 6.98. The van der Waals surface area contributed by atoms with Crippen LogP contribution in [-0.4, -0.2) is 34.2 Å². The van der Waals surface area contributed by atoms with Crippen LogP contribution in [0.25, 0.3) is 5.69 Å². The first kappa shape index (κ1) is 11.2. The predicted molar refractivity (Wildman–Crippen MR) is 67.0 cm³/mol. The molecular formula is C11H11N3O3S. The van der Waals surface area contributed by atoms with Crippen LogP contribution in [0.15, 0.2) is 28.2 Å². The fourth-order valence-electron chi connectivity index (χ4n) is 1.82. The van der Waals surface area contributed by atoms with Gasteiger partial charge in [-0.3, -0.25) is 0 Å². The Morgan fingerprint density at radius 2 is 2.11 bits per heavy atom. The molecule has 2 heterocycles. The highest BCUT2D eigenvalue weighted by Gasteiger charge is 2.15. The van der Waals surface area contributed by atoms with E-state index in [4.69, 9.17) is 9.47 Å². The standard InChI is InChI=1S/C11H11N3O3S/c1-18-11-13-12-10(15)14(11)7-2-3-8-9(6-7)17-5-4-16-8/h2-3,6H,4-5H2,1H3,(H,12,15). The number of aromatic nitrogens is 3. The number of thioether (sulfide) groups is 1. The number of nitrogens with one attached hydrogen (secondary N) is 1. The van der Waals surface area contributed by atoms with Crippen molar-refractivity contribution >= 4 is 11.8 Å². The van der Waals surface area contributed by atoms with Crippen molar-refractivity contribution in [3.8, 4) is 17.2 Å². The van der Waals surface area contributed by atoms with E-state index in [1.54, 1.807) is 12.1 Å². The van der Waals surface area contributed by atoms with Crippen LogP contribution in [0, 0.1) is 0 Å².